The highest BCUT2D eigenvalue weighted by molar-refractivity contribution is 7.21. The summed E-state index contributed by atoms with van der Waals surface area (Å²) in [5, 5.41) is 12.9. The Morgan fingerprint density at radius 2 is 2.25 bits per heavy atom. The molecule has 2 heterocycles. The molecule has 0 radical (unpaired) electrons. The van der Waals surface area contributed by atoms with E-state index in [1.807, 2.05) is 26.8 Å². The minimum atomic E-state index is -0.352. The minimum absolute atomic E-state index is 0.00976. The fourth-order valence-electron chi connectivity index (χ4n) is 1.83. The highest BCUT2D eigenvalue weighted by atomic mass is 32.1. The second kappa shape index (κ2) is 5.38. The standard InChI is InChI=1S/C14H19N3O2S/c1-8-4-5-16-13-9(8)10(15)11(20-13)12(19)17-6-14(2,3)7-18/h4-5,18H,6-7,15H2,1-3H3,(H,17,19). The van der Waals surface area contributed by atoms with Crippen molar-refractivity contribution in [2.24, 2.45) is 5.41 Å². The molecule has 0 saturated heterocycles. The molecule has 0 atom stereocenters. The van der Waals surface area contributed by atoms with Crippen LogP contribution in [0.1, 0.15) is 29.1 Å². The van der Waals surface area contributed by atoms with Gasteiger partial charge in [0.2, 0.25) is 0 Å². The van der Waals surface area contributed by atoms with Crippen molar-refractivity contribution in [1.82, 2.24) is 10.3 Å². The highest BCUT2D eigenvalue weighted by Gasteiger charge is 2.21. The van der Waals surface area contributed by atoms with Crippen molar-refractivity contribution >= 4 is 33.1 Å². The third kappa shape index (κ3) is 2.76. The number of aryl methyl sites for hydroxylation is 1. The zero-order valence-electron chi connectivity index (χ0n) is 11.9. The summed E-state index contributed by atoms with van der Waals surface area (Å²) in [7, 11) is 0. The van der Waals surface area contributed by atoms with E-state index in [0.29, 0.717) is 17.1 Å². The molecule has 4 N–H and O–H groups in total. The van der Waals surface area contributed by atoms with Crippen LogP contribution in [0.15, 0.2) is 12.3 Å². The molecule has 0 aliphatic heterocycles. The predicted molar refractivity (Wildman–Crippen MR) is 82.0 cm³/mol. The first kappa shape index (κ1) is 14.7. The number of thiophene rings is 1. The van der Waals surface area contributed by atoms with E-state index in [2.05, 4.69) is 10.3 Å². The van der Waals surface area contributed by atoms with Gasteiger partial charge >= 0.3 is 0 Å². The van der Waals surface area contributed by atoms with Gasteiger partial charge in [0, 0.05) is 30.1 Å². The number of hydrogen-bond donors (Lipinski definition) is 3. The van der Waals surface area contributed by atoms with Crippen LogP contribution in [0.4, 0.5) is 5.69 Å². The molecule has 0 bridgehead atoms. The first-order valence-electron chi connectivity index (χ1n) is 6.38. The second-order valence-corrected chi connectivity index (χ2v) is 6.66. The first-order chi connectivity index (χ1) is 9.35. The van der Waals surface area contributed by atoms with Crippen LogP contribution in [0.25, 0.3) is 10.2 Å². The number of anilines is 1. The van der Waals surface area contributed by atoms with Crippen LogP contribution in [-0.4, -0.2) is 29.1 Å². The number of pyridine rings is 1. The van der Waals surface area contributed by atoms with Gasteiger partial charge in [0.15, 0.2) is 0 Å². The second-order valence-electron chi connectivity index (χ2n) is 5.66. The van der Waals surface area contributed by atoms with E-state index in [9.17, 15) is 9.90 Å². The van der Waals surface area contributed by atoms with Crippen molar-refractivity contribution in [2.75, 3.05) is 18.9 Å². The lowest BCUT2D eigenvalue weighted by Gasteiger charge is -2.21. The van der Waals surface area contributed by atoms with E-state index >= 15 is 0 Å². The summed E-state index contributed by atoms with van der Waals surface area (Å²) in [5.41, 5.74) is 7.21. The molecule has 20 heavy (non-hydrogen) atoms. The lowest BCUT2D eigenvalue weighted by molar-refractivity contribution is 0.0916. The number of rotatable bonds is 4. The molecule has 2 rings (SSSR count). The maximum absolute atomic E-state index is 12.2. The van der Waals surface area contributed by atoms with E-state index in [0.717, 1.165) is 15.8 Å². The number of hydrogen-bond acceptors (Lipinski definition) is 5. The Morgan fingerprint density at radius 3 is 2.85 bits per heavy atom. The maximum atomic E-state index is 12.2. The van der Waals surface area contributed by atoms with E-state index in [4.69, 9.17) is 5.73 Å². The Hall–Kier alpha value is -1.66. The Bertz CT molecular complexity index is 649. The largest absolute Gasteiger partial charge is 0.397 e. The SMILES string of the molecule is Cc1ccnc2sc(C(=O)NCC(C)(C)CO)c(N)c12. The topological polar surface area (TPSA) is 88.2 Å². The number of nitrogens with zero attached hydrogens (tertiary/aromatic N) is 1. The Balaban J connectivity index is 2.27. The number of fused-ring (bicyclic) bond motifs is 1. The molecule has 0 spiro atoms. The molecular weight excluding hydrogens is 274 g/mol. The molecular formula is C14H19N3O2S. The van der Waals surface area contributed by atoms with Crippen molar-refractivity contribution in [3.05, 3.63) is 22.7 Å². The van der Waals surface area contributed by atoms with E-state index in [1.165, 1.54) is 11.3 Å². The van der Waals surface area contributed by atoms with Gasteiger partial charge in [-0.3, -0.25) is 4.79 Å². The van der Waals surface area contributed by atoms with Crippen molar-refractivity contribution in [3.8, 4) is 0 Å². The van der Waals surface area contributed by atoms with Crippen LogP contribution in [0.2, 0.25) is 0 Å². The van der Waals surface area contributed by atoms with Gasteiger partial charge in [-0.05, 0) is 18.6 Å². The van der Waals surface area contributed by atoms with Gasteiger partial charge in [0.1, 0.15) is 9.71 Å². The van der Waals surface area contributed by atoms with Gasteiger partial charge in [-0.25, -0.2) is 4.98 Å². The van der Waals surface area contributed by atoms with Crippen molar-refractivity contribution in [2.45, 2.75) is 20.8 Å². The van der Waals surface area contributed by atoms with Crippen molar-refractivity contribution < 1.29 is 9.90 Å². The summed E-state index contributed by atoms with van der Waals surface area (Å²) >= 11 is 1.29. The predicted octanol–water partition coefficient (Wildman–Crippen LogP) is 1.94. The molecule has 1 amide bonds. The Labute approximate surface area is 121 Å². The van der Waals surface area contributed by atoms with E-state index in [-0.39, 0.29) is 17.9 Å². The number of nitrogens with one attached hydrogen (secondary N) is 1. The number of aliphatic hydroxyl groups excluding tert-OH is 1. The summed E-state index contributed by atoms with van der Waals surface area (Å²) in [6, 6.07) is 1.88. The molecule has 0 aliphatic rings. The van der Waals surface area contributed by atoms with Crippen molar-refractivity contribution in [1.29, 1.82) is 0 Å². The number of carbonyl (C=O) groups is 1. The quantitative estimate of drug-likeness (QED) is 0.803. The molecule has 2 aromatic rings. The summed E-state index contributed by atoms with van der Waals surface area (Å²) < 4.78 is 0. The average Bonchev–Trinajstić information content (AvgIpc) is 2.75. The molecule has 5 nitrogen and oxygen atoms in total. The number of amides is 1. The van der Waals surface area contributed by atoms with Crippen LogP contribution < -0.4 is 11.1 Å². The zero-order valence-corrected chi connectivity index (χ0v) is 12.7. The molecule has 0 aromatic carbocycles. The van der Waals surface area contributed by atoms with Gasteiger partial charge in [0.05, 0.1) is 5.69 Å². The smallest absolute Gasteiger partial charge is 0.263 e. The van der Waals surface area contributed by atoms with Gasteiger partial charge in [-0.15, -0.1) is 11.3 Å². The summed E-state index contributed by atoms with van der Waals surface area (Å²) in [6.07, 6.45) is 1.71. The maximum Gasteiger partial charge on any atom is 0.263 e. The third-order valence-electron chi connectivity index (χ3n) is 3.20. The van der Waals surface area contributed by atoms with E-state index < -0.39 is 0 Å². The molecule has 0 saturated carbocycles. The first-order valence-corrected chi connectivity index (χ1v) is 7.20. The number of nitrogens with two attached hydrogens (primary N) is 1. The van der Waals surface area contributed by atoms with Crippen LogP contribution in [0.5, 0.6) is 0 Å². The normalized spacial score (nSPS) is 11.8. The lowest BCUT2D eigenvalue weighted by atomic mass is 9.95. The minimum Gasteiger partial charge on any atom is -0.397 e. The molecule has 108 valence electrons. The molecule has 0 aliphatic carbocycles. The highest BCUT2D eigenvalue weighted by Crippen LogP contribution is 2.34. The van der Waals surface area contributed by atoms with Crippen LogP contribution in [0.3, 0.4) is 0 Å². The summed E-state index contributed by atoms with van der Waals surface area (Å²) in [4.78, 5) is 17.7. The summed E-state index contributed by atoms with van der Waals surface area (Å²) in [5.74, 6) is -0.216. The van der Waals surface area contributed by atoms with Gasteiger partial charge < -0.3 is 16.2 Å². The third-order valence-corrected chi connectivity index (χ3v) is 4.31. The lowest BCUT2D eigenvalue weighted by Crippen LogP contribution is -2.35. The fourth-order valence-corrected chi connectivity index (χ4v) is 2.88. The van der Waals surface area contributed by atoms with Crippen LogP contribution in [0, 0.1) is 12.3 Å². The number of carbonyl (C=O) groups excluding carboxylic acids is 1. The van der Waals surface area contributed by atoms with E-state index in [1.54, 1.807) is 6.20 Å². The molecule has 2 aromatic heterocycles. The van der Waals surface area contributed by atoms with Gasteiger partial charge in [0.25, 0.3) is 5.91 Å². The van der Waals surface area contributed by atoms with Crippen LogP contribution in [-0.2, 0) is 0 Å². The molecule has 0 fully saturated rings. The fraction of sp³-hybridized carbons (Fsp3) is 0.429. The number of nitrogen functional groups attached to an aromatic ring is 1. The number of aromatic nitrogens is 1. The van der Waals surface area contributed by atoms with Gasteiger partial charge in [-0.1, -0.05) is 13.8 Å². The van der Waals surface area contributed by atoms with Crippen molar-refractivity contribution in [3.63, 3.8) is 0 Å². The zero-order chi connectivity index (χ0) is 14.9. The van der Waals surface area contributed by atoms with Gasteiger partial charge in [-0.2, -0.15) is 0 Å². The molecule has 0 unspecified atom stereocenters. The number of aliphatic hydroxyl groups is 1. The summed E-state index contributed by atoms with van der Waals surface area (Å²) in [6.45, 7) is 6.11. The van der Waals surface area contributed by atoms with Crippen LogP contribution >= 0.6 is 11.3 Å². The Kier molecular flexibility index (Phi) is 3.96. The average molecular weight is 293 g/mol. The monoisotopic (exact) mass is 293 g/mol. The molecule has 6 heteroatoms. The Morgan fingerprint density at radius 1 is 1.55 bits per heavy atom.